The van der Waals surface area contributed by atoms with Gasteiger partial charge >= 0.3 is 0 Å². The van der Waals surface area contributed by atoms with E-state index in [1.807, 2.05) is 26.0 Å². The van der Waals surface area contributed by atoms with Crippen LogP contribution in [-0.4, -0.2) is 9.97 Å². The molecule has 0 saturated heterocycles. The lowest BCUT2D eigenvalue weighted by molar-refractivity contribution is 1.06. The van der Waals surface area contributed by atoms with Gasteiger partial charge in [0.05, 0.1) is 5.69 Å². The molecule has 0 fully saturated rings. The number of hydrogen-bond acceptors (Lipinski definition) is 3. The molecule has 4 aromatic rings. The van der Waals surface area contributed by atoms with Crippen LogP contribution in [0.4, 0.5) is 5.95 Å². The molecule has 158 valence electrons. The zero-order valence-electron chi connectivity index (χ0n) is 18.5. The van der Waals surface area contributed by atoms with Gasteiger partial charge < -0.3 is 5.32 Å². The van der Waals surface area contributed by atoms with Gasteiger partial charge in [0.15, 0.2) is 0 Å². The maximum atomic E-state index is 4.72. The average molecular weight is 418 g/mol. The highest BCUT2D eigenvalue weighted by Crippen LogP contribution is 2.24. The van der Waals surface area contributed by atoms with Gasteiger partial charge in [-0.25, -0.2) is 9.97 Å². The Morgan fingerprint density at radius 1 is 0.969 bits per heavy atom. The van der Waals surface area contributed by atoms with E-state index in [1.165, 1.54) is 21.9 Å². The van der Waals surface area contributed by atoms with Gasteiger partial charge in [-0.2, -0.15) is 0 Å². The Balaban J connectivity index is 1.48. The summed E-state index contributed by atoms with van der Waals surface area (Å²) in [5.41, 5.74) is 6.52. The molecule has 0 spiro atoms. The molecule has 1 N–H and O–H groups in total. The third kappa shape index (κ3) is 5.19. The van der Waals surface area contributed by atoms with E-state index in [2.05, 4.69) is 95.8 Å². The summed E-state index contributed by atoms with van der Waals surface area (Å²) < 4.78 is 0. The molecule has 1 heterocycles. The van der Waals surface area contributed by atoms with Crippen molar-refractivity contribution in [1.82, 2.24) is 9.97 Å². The van der Waals surface area contributed by atoms with E-state index in [1.54, 1.807) is 6.20 Å². The summed E-state index contributed by atoms with van der Waals surface area (Å²) in [5, 5.41) is 5.78. The molecule has 0 aliphatic heterocycles. The largest absolute Gasteiger partial charge is 0.350 e. The zero-order chi connectivity index (χ0) is 22.3. The van der Waals surface area contributed by atoms with Gasteiger partial charge in [-0.1, -0.05) is 91.0 Å². The summed E-state index contributed by atoms with van der Waals surface area (Å²) in [4.78, 5) is 9.11. The van der Waals surface area contributed by atoms with E-state index >= 15 is 0 Å². The maximum Gasteiger partial charge on any atom is 0.223 e. The molecule has 0 bridgehead atoms. The lowest BCUT2D eigenvalue weighted by Crippen LogP contribution is -2.04. The zero-order valence-corrected chi connectivity index (χ0v) is 18.5. The monoisotopic (exact) mass is 417 g/mol. The Hall–Kier alpha value is -3.98. The van der Waals surface area contributed by atoms with Gasteiger partial charge in [-0.3, -0.25) is 0 Å². The van der Waals surface area contributed by atoms with Crippen molar-refractivity contribution in [2.75, 3.05) is 5.32 Å². The van der Waals surface area contributed by atoms with Crippen molar-refractivity contribution in [3.8, 4) is 11.3 Å². The first kappa shape index (κ1) is 21.3. The summed E-state index contributed by atoms with van der Waals surface area (Å²) in [6.07, 6.45) is 8.05. The van der Waals surface area contributed by atoms with Crippen LogP contribution in [-0.2, 0) is 6.54 Å². The van der Waals surface area contributed by atoms with Crippen LogP contribution in [0, 0.1) is 0 Å². The molecule has 0 aliphatic rings. The van der Waals surface area contributed by atoms with Gasteiger partial charge in [0.2, 0.25) is 5.95 Å². The molecule has 3 aromatic carbocycles. The van der Waals surface area contributed by atoms with E-state index in [-0.39, 0.29) is 0 Å². The van der Waals surface area contributed by atoms with Gasteiger partial charge in [0.25, 0.3) is 0 Å². The van der Waals surface area contributed by atoms with Crippen molar-refractivity contribution in [3.63, 3.8) is 0 Å². The van der Waals surface area contributed by atoms with Crippen molar-refractivity contribution in [3.05, 3.63) is 121 Å². The first-order chi connectivity index (χ1) is 15.6. The highest BCUT2D eigenvalue weighted by atomic mass is 15.1. The molecule has 3 nitrogen and oxygen atoms in total. The fourth-order valence-corrected chi connectivity index (χ4v) is 3.62. The van der Waals surface area contributed by atoms with Crippen LogP contribution < -0.4 is 5.32 Å². The van der Waals surface area contributed by atoms with Gasteiger partial charge in [-0.05, 0) is 53.5 Å². The number of fused-ring (bicyclic) bond motifs is 1. The molecule has 3 heteroatoms. The number of allylic oxidation sites excluding steroid dienone is 5. The highest BCUT2D eigenvalue weighted by Gasteiger charge is 2.05. The number of hydrogen-bond donors (Lipinski definition) is 1. The first-order valence-electron chi connectivity index (χ1n) is 10.8. The first-order valence-corrected chi connectivity index (χ1v) is 10.8. The maximum absolute atomic E-state index is 4.72. The Morgan fingerprint density at radius 2 is 1.75 bits per heavy atom. The minimum absolute atomic E-state index is 0.622. The molecule has 4 rings (SSSR count). The Morgan fingerprint density at radius 3 is 2.50 bits per heavy atom. The summed E-state index contributed by atoms with van der Waals surface area (Å²) in [7, 11) is 0. The highest BCUT2D eigenvalue weighted by molar-refractivity contribution is 5.86. The number of aromatic nitrogens is 2. The van der Waals surface area contributed by atoms with Crippen molar-refractivity contribution < 1.29 is 0 Å². The molecular weight excluding hydrogens is 390 g/mol. The van der Waals surface area contributed by atoms with Crippen LogP contribution in [0.3, 0.4) is 0 Å². The summed E-state index contributed by atoms with van der Waals surface area (Å²) in [5.74, 6) is 0.622. The fourth-order valence-electron chi connectivity index (χ4n) is 3.62. The van der Waals surface area contributed by atoms with E-state index in [0.717, 1.165) is 22.4 Å². The average Bonchev–Trinajstić information content (AvgIpc) is 2.82. The second-order valence-electron chi connectivity index (χ2n) is 7.82. The van der Waals surface area contributed by atoms with Crippen LogP contribution in [0.15, 0.2) is 109 Å². The SMILES string of the molecule is C=C(C)/C=C(\C=C/C)c1ccc(CNc2nccc(-c3ccc4ccccc4c3)n2)cc1. The van der Waals surface area contributed by atoms with E-state index in [9.17, 15) is 0 Å². The molecule has 0 saturated carbocycles. The van der Waals surface area contributed by atoms with Crippen molar-refractivity contribution in [2.45, 2.75) is 20.4 Å². The number of benzene rings is 3. The van der Waals surface area contributed by atoms with Crippen LogP contribution in [0.5, 0.6) is 0 Å². The van der Waals surface area contributed by atoms with E-state index in [0.29, 0.717) is 12.5 Å². The third-order valence-corrected chi connectivity index (χ3v) is 5.19. The summed E-state index contributed by atoms with van der Waals surface area (Å²) in [6, 6.07) is 25.2. The molecule has 0 aliphatic carbocycles. The van der Waals surface area contributed by atoms with Crippen molar-refractivity contribution in [2.24, 2.45) is 0 Å². The lowest BCUT2D eigenvalue weighted by atomic mass is 10.0. The van der Waals surface area contributed by atoms with Gasteiger partial charge in [-0.15, -0.1) is 0 Å². The second-order valence-corrected chi connectivity index (χ2v) is 7.82. The number of nitrogens with zero attached hydrogens (tertiary/aromatic N) is 2. The van der Waals surface area contributed by atoms with Gasteiger partial charge in [0.1, 0.15) is 0 Å². The quantitative estimate of drug-likeness (QED) is 0.317. The molecule has 0 unspecified atom stereocenters. The Kier molecular flexibility index (Phi) is 6.57. The minimum Gasteiger partial charge on any atom is -0.350 e. The Bertz CT molecular complexity index is 1300. The minimum atomic E-state index is 0.622. The second kappa shape index (κ2) is 9.88. The molecule has 0 radical (unpaired) electrons. The normalized spacial score (nSPS) is 11.8. The predicted octanol–water partition coefficient (Wildman–Crippen LogP) is 7.44. The van der Waals surface area contributed by atoms with Crippen LogP contribution in [0.25, 0.3) is 27.6 Å². The molecule has 0 amide bonds. The Labute approximate surface area is 189 Å². The van der Waals surface area contributed by atoms with E-state index in [4.69, 9.17) is 4.98 Å². The van der Waals surface area contributed by atoms with Crippen molar-refractivity contribution >= 4 is 22.3 Å². The smallest absolute Gasteiger partial charge is 0.223 e. The predicted molar refractivity (Wildman–Crippen MR) is 136 cm³/mol. The number of anilines is 1. The lowest BCUT2D eigenvalue weighted by Gasteiger charge is -2.09. The number of nitrogens with one attached hydrogen (secondary N) is 1. The van der Waals surface area contributed by atoms with Crippen LogP contribution in [0.1, 0.15) is 25.0 Å². The van der Waals surface area contributed by atoms with Crippen LogP contribution in [0.2, 0.25) is 0 Å². The fraction of sp³-hybridized carbons (Fsp3) is 0.103. The van der Waals surface area contributed by atoms with Crippen molar-refractivity contribution in [1.29, 1.82) is 0 Å². The van der Waals surface area contributed by atoms with E-state index < -0.39 is 0 Å². The molecular formula is C29H27N3. The third-order valence-electron chi connectivity index (χ3n) is 5.19. The molecule has 32 heavy (non-hydrogen) atoms. The molecule has 1 aromatic heterocycles. The standard InChI is InChI=1S/C29H27N3/c1-4-7-25(18-21(2)3)24-12-10-22(11-13-24)20-31-29-30-17-16-28(32-29)27-15-14-23-8-5-6-9-26(23)19-27/h4-19H,2,20H2,1,3H3,(H,30,31,32)/b7-4-,25-18+. The summed E-state index contributed by atoms with van der Waals surface area (Å²) in [6.45, 7) is 8.68. The summed E-state index contributed by atoms with van der Waals surface area (Å²) >= 11 is 0. The topological polar surface area (TPSA) is 37.8 Å². The van der Waals surface area contributed by atoms with Crippen LogP contribution >= 0.6 is 0 Å². The number of rotatable bonds is 7. The van der Waals surface area contributed by atoms with Gasteiger partial charge in [0, 0.05) is 18.3 Å². The molecule has 0 atom stereocenters.